The summed E-state index contributed by atoms with van der Waals surface area (Å²) in [7, 11) is 0. The molecule has 0 aliphatic heterocycles. The first-order chi connectivity index (χ1) is 5.92. The molecule has 0 N–H and O–H groups in total. The van der Waals surface area contributed by atoms with Gasteiger partial charge in [-0.05, 0) is 30.6 Å². The van der Waals surface area contributed by atoms with Gasteiger partial charge in [0.15, 0.2) is 0 Å². The van der Waals surface area contributed by atoms with Crippen molar-refractivity contribution in [3.63, 3.8) is 0 Å². The molecular weight excluding hydrogens is 156 g/mol. The predicted octanol–water partition coefficient (Wildman–Crippen LogP) is 4.34. The molecule has 0 radical (unpaired) electrons. The van der Waals surface area contributed by atoms with Crippen molar-refractivity contribution >= 4 is 0 Å². The lowest BCUT2D eigenvalue weighted by molar-refractivity contribution is 0.391. The molecule has 0 heteroatoms. The van der Waals surface area contributed by atoms with Gasteiger partial charge in [0.05, 0.1) is 0 Å². The lowest BCUT2D eigenvalue weighted by Crippen LogP contribution is -2.20. The molecule has 0 bridgehead atoms. The lowest BCUT2D eigenvalue weighted by Gasteiger charge is -2.34. The summed E-state index contributed by atoms with van der Waals surface area (Å²) in [5.41, 5.74) is 3.38. The Kier molecular flexibility index (Phi) is 3.00. The van der Waals surface area contributed by atoms with Crippen LogP contribution in [0.5, 0.6) is 0 Å². The van der Waals surface area contributed by atoms with Gasteiger partial charge in [-0.3, -0.25) is 0 Å². The predicted molar refractivity (Wildman–Crippen MR) is 59.7 cm³/mol. The summed E-state index contributed by atoms with van der Waals surface area (Å²) in [4.78, 5) is 0. The van der Waals surface area contributed by atoms with Crippen molar-refractivity contribution in [2.75, 3.05) is 0 Å². The Hall–Kier alpha value is -0.520. The van der Waals surface area contributed by atoms with Gasteiger partial charge in [-0.1, -0.05) is 51.5 Å². The van der Waals surface area contributed by atoms with Gasteiger partial charge >= 0.3 is 0 Å². The molecule has 0 saturated carbocycles. The van der Waals surface area contributed by atoms with Crippen LogP contribution < -0.4 is 0 Å². The molecule has 13 heavy (non-hydrogen) atoms. The third-order valence-electron chi connectivity index (χ3n) is 2.83. The Morgan fingerprint density at radius 2 is 2.08 bits per heavy atom. The molecule has 0 spiro atoms. The molecule has 0 atom stereocenters. The van der Waals surface area contributed by atoms with Gasteiger partial charge in [0.25, 0.3) is 0 Å². The van der Waals surface area contributed by atoms with Crippen LogP contribution in [0.25, 0.3) is 0 Å². The SMILES string of the molecule is C=C1CC=C(CC(C)C)C(C)(C)C1. The highest BCUT2D eigenvalue weighted by Gasteiger charge is 2.27. The van der Waals surface area contributed by atoms with E-state index in [1.807, 2.05) is 0 Å². The fourth-order valence-electron chi connectivity index (χ4n) is 2.15. The highest BCUT2D eigenvalue weighted by molar-refractivity contribution is 5.24. The largest absolute Gasteiger partial charge is 0.0995 e. The van der Waals surface area contributed by atoms with Crippen molar-refractivity contribution in [2.24, 2.45) is 11.3 Å². The van der Waals surface area contributed by atoms with Gasteiger partial charge in [-0.25, -0.2) is 0 Å². The maximum Gasteiger partial charge on any atom is -0.0107 e. The van der Waals surface area contributed by atoms with Crippen LogP contribution in [-0.2, 0) is 0 Å². The Morgan fingerprint density at radius 1 is 1.46 bits per heavy atom. The summed E-state index contributed by atoms with van der Waals surface area (Å²) < 4.78 is 0. The fraction of sp³-hybridized carbons (Fsp3) is 0.692. The van der Waals surface area contributed by atoms with E-state index in [0.29, 0.717) is 5.41 Å². The van der Waals surface area contributed by atoms with Gasteiger partial charge in [0.1, 0.15) is 0 Å². The van der Waals surface area contributed by atoms with E-state index in [1.54, 1.807) is 5.57 Å². The minimum atomic E-state index is 0.361. The smallest absolute Gasteiger partial charge is 0.0107 e. The zero-order valence-corrected chi connectivity index (χ0v) is 9.48. The van der Waals surface area contributed by atoms with Crippen molar-refractivity contribution in [1.82, 2.24) is 0 Å². The minimum absolute atomic E-state index is 0.361. The fourth-order valence-corrected chi connectivity index (χ4v) is 2.15. The summed E-state index contributed by atoms with van der Waals surface area (Å²) in [5, 5.41) is 0. The van der Waals surface area contributed by atoms with E-state index in [0.717, 1.165) is 12.3 Å². The Labute approximate surface area is 82.7 Å². The molecule has 1 aliphatic rings. The Bertz CT molecular complexity index is 228. The quantitative estimate of drug-likeness (QED) is 0.552. The first-order valence-corrected chi connectivity index (χ1v) is 5.28. The van der Waals surface area contributed by atoms with E-state index >= 15 is 0 Å². The van der Waals surface area contributed by atoms with Crippen LogP contribution in [0, 0.1) is 11.3 Å². The van der Waals surface area contributed by atoms with Crippen molar-refractivity contribution < 1.29 is 0 Å². The summed E-state index contributed by atoms with van der Waals surface area (Å²) >= 11 is 0. The van der Waals surface area contributed by atoms with E-state index in [4.69, 9.17) is 0 Å². The second kappa shape index (κ2) is 3.69. The number of hydrogen-bond acceptors (Lipinski definition) is 0. The Balaban J connectivity index is 2.76. The maximum absolute atomic E-state index is 4.08. The third kappa shape index (κ3) is 2.72. The molecule has 0 saturated heterocycles. The van der Waals surface area contributed by atoms with Crippen molar-refractivity contribution in [1.29, 1.82) is 0 Å². The van der Waals surface area contributed by atoms with E-state index in [9.17, 15) is 0 Å². The molecule has 0 nitrogen and oxygen atoms in total. The first kappa shape index (κ1) is 10.6. The number of hydrogen-bond donors (Lipinski definition) is 0. The average Bonchev–Trinajstić information content (AvgIpc) is 1.93. The van der Waals surface area contributed by atoms with Crippen LogP contribution in [0.2, 0.25) is 0 Å². The van der Waals surface area contributed by atoms with E-state index in [-0.39, 0.29) is 0 Å². The van der Waals surface area contributed by atoms with Gasteiger partial charge in [0, 0.05) is 0 Å². The maximum atomic E-state index is 4.08. The normalized spacial score (nSPS) is 21.9. The zero-order valence-electron chi connectivity index (χ0n) is 9.48. The van der Waals surface area contributed by atoms with Gasteiger partial charge in [-0.15, -0.1) is 0 Å². The van der Waals surface area contributed by atoms with Gasteiger partial charge in [0.2, 0.25) is 0 Å². The van der Waals surface area contributed by atoms with Gasteiger partial charge in [-0.2, -0.15) is 0 Å². The van der Waals surface area contributed by atoms with Crippen molar-refractivity contribution in [3.05, 3.63) is 23.8 Å². The van der Waals surface area contributed by atoms with Gasteiger partial charge < -0.3 is 0 Å². The molecule has 0 aromatic heterocycles. The lowest BCUT2D eigenvalue weighted by atomic mass is 9.71. The molecule has 0 amide bonds. The van der Waals surface area contributed by atoms with Crippen LogP contribution >= 0.6 is 0 Å². The molecule has 0 fully saturated rings. The van der Waals surface area contributed by atoms with Crippen LogP contribution in [-0.4, -0.2) is 0 Å². The molecule has 0 heterocycles. The van der Waals surface area contributed by atoms with Crippen LogP contribution in [0.15, 0.2) is 23.8 Å². The summed E-state index contributed by atoms with van der Waals surface area (Å²) in [6, 6.07) is 0. The topological polar surface area (TPSA) is 0 Å². The standard InChI is InChI=1S/C13H22/c1-10(2)8-12-7-6-11(3)9-13(12,4)5/h7,10H,3,6,8-9H2,1-2,4-5H3. The molecule has 1 aliphatic carbocycles. The summed E-state index contributed by atoms with van der Waals surface area (Å²) in [5.74, 6) is 0.775. The van der Waals surface area contributed by atoms with Crippen LogP contribution in [0.4, 0.5) is 0 Å². The second-order valence-electron chi connectivity index (χ2n) is 5.34. The average molecular weight is 178 g/mol. The monoisotopic (exact) mass is 178 g/mol. The number of rotatable bonds is 2. The van der Waals surface area contributed by atoms with E-state index in [1.165, 1.54) is 18.4 Å². The highest BCUT2D eigenvalue weighted by atomic mass is 14.3. The first-order valence-electron chi connectivity index (χ1n) is 5.28. The molecular formula is C13H22. The molecule has 0 aromatic carbocycles. The number of allylic oxidation sites excluding steroid dienone is 3. The van der Waals surface area contributed by atoms with Crippen LogP contribution in [0.3, 0.4) is 0 Å². The molecule has 1 rings (SSSR count). The Morgan fingerprint density at radius 3 is 2.54 bits per heavy atom. The molecule has 74 valence electrons. The minimum Gasteiger partial charge on any atom is -0.0995 e. The summed E-state index contributed by atoms with van der Waals surface area (Å²) in [6.45, 7) is 13.3. The third-order valence-corrected chi connectivity index (χ3v) is 2.83. The molecule has 0 aromatic rings. The zero-order chi connectivity index (χ0) is 10.1. The van der Waals surface area contributed by atoms with E-state index in [2.05, 4.69) is 40.3 Å². The second-order valence-corrected chi connectivity index (χ2v) is 5.34. The van der Waals surface area contributed by atoms with Crippen molar-refractivity contribution in [2.45, 2.75) is 47.0 Å². The van der Waals surface area contributed by atoms with E-state index < -0.39 is 0 Å². The van der Waals surface area contributed by atoms with Crippen LogP contribution in [0.1, 0.15) is 47.0 Å². The highest BCUT2D eigenvalue weighted by Crippen LogP contribution is 2.41. The summed E-state index contributed by atoms with van der Waals surface area (Å²) in [6.07, 6.45) is 5.92. The van der Waals surface area contributed by atoms with Crippen molar-refractivity contribution in [3.8, 4) is 0 Å². The molecule has 0 unspecified atom stereocenters.